The van der Waals surface area contributed by atoms with Crippen LogP contribution in [0.2, 0.25) is 0 Å². The zero-order valence-corrected chi connectivity index (χ0v) is 9.86. The van der Waals surface area contributed by atoms with Gasteiger partial charge in [-0.1, -0.05) is 6.07 Å². The van der Waals surface area contributed by atoms with Crippen LogP contribution in [0, 0.1) is 0 Å². The minimum atomic E-state index is 0. The van der Waals surface area contributed by atoms with Crippen LogP contribution in [0.15, 0.2) is 55.1 Å². The zero-order chi connectivity index (χ0) is 9.10. The largest absolute Gasteiger partial charge is 1.00 e. The Kier molecular flexibility index (Phi) is 5.90. The van der Waals surface area contributed by atoms with Gasteiger partial charge in [-0.25, -0.2) is 4.57 Å². The fourth-order valence-corrected chi connectivity index (χ4v) is 1.24. The Morgan fingerprint density at radius 3 is 1.87 bits per heavy atom. The van der Waals surface area contributed by atoms with Crippen molar-refractivity contribution in [3.8, 4) is 5.69 Å². The molecule has 0 unspecified atom stereocenters. The topological polar surface area (TPSA) is 7.76 Å². The Morgan fingerprint density at radius 2 is 1.33 bits per heavy atom. The van der Waals surface area contributed by atoms with Crippen LogP contribution in [-0.2, 0) is 7.05 Å². The molecule has 0 aliphatic rings. The third-order valence-electron chi connectivity index (χ3n) is 1.97. The molecule has 4 heteroatoms. The van der Waals surface area contributed by atoms with Crippen LogP contribution in [0.1, 0.15) is 0 Å². The minimum Gasteiger partial charge on any atom is -1.00 e. The van der Waals surface area contributed by atoms with E-state index in [4.69, 9.17) is 0 Å². The highest BCUT2D eigenvalue weighted by Gasteiger charge is 2.04. The molecule has 2 heterocycles. The maximum Gasteiger partial charge on any atom is 0.222 e. The average Bonchev–Trinajstić information content (AvgIpc) is 2.20. The molecule has 2 aromatic rings. The number of aryl methyl sites for hydroxylation is 1. The molecule has 0 spiro atoms. The summed E-state index contributed by atoms with van der Waals surface area (Å²) in [4.78, 5) is 0. The Bertz CT molecular complexity index is 387. The lowest BCUT2D eigenvalue weighted by Crippen LogP contribution is -3.00. The third-order valence-corrected chi connectivity index (χ3v) is 1.97. The summed E-state index contributed by atoms with van der Waals surface area (Å²) < 4.78 is 4.10. The van der Waals surface area contributed by atoms with Gasteiger partial charge in [0.05, 0.1) is 12.1 Å². The molecule has 2 aromatic heterocycles. The third kappa shape index (κ3) is 3.50. The number of halogens is 2. The highest BCUT2D eigenvalue weighted by molar-refractivity contribution is 5.15. The van der Waals surface area contributed by atoms with Crippen LogP contribution in [-0.4, -0.2) is 0 Å². The maximum absolute atomic E-state index is 2.08. The molecule has 0 fully saturated rings. The first kappa shape index (κ1) is 13.9. The molecule has 2 nitrogen and oxygen atoms in total. The van der Waals surface area contributed by atoms with E-state index in [-0.39, 0.29) is 24.8 Å². The van der Waals surface area contributed by atoms with E-state index in [0.29, 0.717) is 0 Å². The molecule has 0 aliphatic carbocycles. The summed E-state index contributed by atoms with van der Waals surface area (Å²) >= 11 is 0. The van der Waals surface area contributed by atoms with E-state index in [0.717, 1.165) is 0 Å². The fourth-order valence-electron chi connectivity index (χ4n) is 1.24. The lowest BCUT2D eigenvalue weighted by molar-refractivity contribution is -0.673. The molecule has 0 amide bonds. The SMILES string of the molecule is C[n+]1ccc(-[n+]2ccccc2)cc1.[Cl-].[Cl-]. The van der Waals surface area contributed by atoms with Gasteiger partial charge >= 0.3 is 0 Å². The number of rotatable bonds is 1. The highest BCUT2D eigenvalue weighted by atomic mass is 35.5. The molecule has 0 atom stereocenters. The van der Waals surface area contributed by atoms with Gasteiger partial charge in [0, 0.05) is 12.1 Å². The maximum atomic E-state index is 2.08. The van der Waals surface area contributed by atoms with Crippen molar-refractivity contribution in [3.63, 3.8) is 0 Å². The van der Waals surface area contributed by atoms with Gasteiger partial charge in [0.1, 0.15) is 7.05 Å². The number of aromatic nitrogens is 2. The van der Waals surface area contributed by atoms with E-state index < -0.39 is 0 Å². The van der Waals surface area contributed by atoms with Crippen molar-refractivity contribution in [2.45, 2.75) is 0 Å². The molecular weight excluding hydrogens is 231 g/mol. The number of pyridine rings is 2. The molecular formula is C11H12Cl2N2. The van der Waals surface area contributed by atoms with E-state index in [9.17, 15) is 0 Å². The van der Waals surface area contributed by atoms with Gasteiger partial charge in [0.15, 0.2) is 24.8 Å². The van der Waals surface area contributed by atoms with Gasteiger partial charge in [-0.2, -0.15) is 4.57 Å². The Hall–Kier alpha value is -1.12. The highest BCUT2D eigenvalue weighted by Crippen LogP contribution is 1.92. The fraction of sp³-hybridized carbons (Fsp3) is 0.0909. The number of hydrogen-bond donors (Lipinski definition) is 0. The van der Waals surface area contributed by atoms with Crippen LogP contribution >= 0.6 is 0 Å². The minimum absolute atomic E-state index is 0. The van der Waals surface area contributed by atoms with Crippen molar-refractivity contribution in [1.82, 2.24) is 0 Å². The van der Waals surface area contributed by atoms with Gasteiger partial charge in [0.2, 0.25) is 5.69 Å². The van der Waals surface area contributed by atoms with Crippen LogP contribution in [0.5, 0.6) is 0 Å². The predicted octanol–water partition coefficient (Wildman–Crippen LogP) is -5.20. The number of nitrogens with zero attached hydrogens (tertiary/aromatic N) is 2. The second-order valence-electron chi connectivity index (χ2n) is 3.00. The van der Waals surface area contributed by atoms with E-state index in [1.807, 2.05) is 54.6 Å². The molecule has 0 aromatic carbocycles. The first-order valence-corrected chi connectivity index (χ1v) is 4.28. The van der Waals surface area contributed by atoms with Crippen molar-refractivity contribution in [2.24, 2.45) is 7.05 Å². The molecule has 80 valence electrons. The second kappa shape index (κ2) is 6.38. The normalized spacial score (nSPS) is 8.60. The summed E-state index contributed by atoms with van der Waals surface area (Å²) in [6.07, 6.45) is 8.15. The van der Waals surface area contributed by atoms with Crippen LogP contribution in [0.4, 0.5) is 0 Å². The molecule has 0 aliphatic heterocycles. The van der Waals surface area contributed by atoms with Gasteiger partial charge < -0.3 is 24.8 Å². The van der Waals surface area contributed by atoms with E-state index in [1.165, 1.54) is 5.69 Å². The van der Waals surface area contributed by atoms with Crippen LogP contribution < -0.4 is 33.9 Å². The van der Waals surface area contributed by atoms with E-state index in [1.54, 1.807) is 0 Å². The summed E-state index contributed by atoms with van der Waals surface area (Å²) in [5, 5.41) is 0. The Balaban J connectivity index is 0.000000980. The molecule has 0 saturated heterocycles. The number of hydrogen-bond acceptors (Lipinski definition) is 0. The standard InChI is InChI=1S/C11H12N2.2ClH/c1-12-9-5-11(6-10-12)13-7-3-2-4-8-13;;/h2-10H,1H3;2*1H/q+2;;/p-2. The quantitative estimate of drug-likeness (QED) is 0.442. The lowest BCUT2D eigenvalue weighted by atomic mass is 10.4. The Labute approximate surface area is 102 Å². The molecule has 0 bridgehead atoms. The summed E-state index contributed by atoms with van der Waals surface area (Å²) in [7, 11) is 2.01. The molecule has 2 rings (SSSR count). The van der Waals surface area contributed by atoms with Gasteiger partial charge in [-0.05, 0) is 0 Å². The van der Waals surface area contributed by atoms with Gasteiger partial charge in [-0.15, -0.1) is 0 Å². The summed E-state index contributed by atoms with van der Waals surface area (Å²) in [6.45, 7) is 0. The van der Waals surface area contributed by atoms with E-state index >= 15 is 0 Å². The summed E-state index contributed by atoms with van der Waals surface area (Å²) in [5.74, 6) is 0. The van der Waals surface area contributed by atoms with Gasteiger partial charge in [-0.3, -0.25) is 0 Å². The first-order chi connectivity index (χ1) is 6.36. The van der Waals surface area contributed by atoms with Crippen molar-refractivity contribution in [3.05, 3.63) is 55.1 Å². The van der Waals surface area contributed by atoms with Crippen molar-refractivity contribution in [2.75, 3.05) is 0 Å². The predicted molar refractivity (Wildman–Crippen MR) is 49.2 cm³/mol. The summed E-state index contributed by atoms with van der Waals surface area (Å²) in [6, 6.07) is 10.2. The van der Waals surface area contributed by atoms with E-state index in [2.05, 4.69) is 16.7 Å². The van der Waals surface area contributed by atoms with Crippen molar-refractivity contribution < 1.29 is 33.9 Å². The van der Waals surface area contributed by atoms with Crippen molar-refractivity contribution >= 4 is 0 Å². The smallest absolute Gasteiger partial charge is 0.222 e. The molecule has 15 heavy (non-hydrogen) atoms. The van der Waals surface area contributed by atoms with Crippen LogP contribution in [0.3, 0.4) is 0 Å². The molecule has 0 N–H and O–H groups in total. The monoisotopic (exact) mass is 242 g/mol. The zero-order valence-electron chi connectivity index (χ0n) is 8.35. The lowest BCUT2D eigenvalue weighted by Gasteiger charge is -1.92. The van der Waals surface area contributed by atoms with Crippen LogP contribution in [0.25, 0.3) is 5.69 Å². The summed E-state index contributed by atoms with van der Waals surface area (Å²) in [5.41, 5.74) is 1.18. The molecule has 0 radical (unpaired) electrons. The first-order valence-electron chi connectivity index (χ1n) is 4.28. The average molecular weight is 243 g/mol. The molecule has 0 saturated carbocycles. The van der Waals surface area contributed by atoms with Crippen molar-refractivity contribution in [1.29, 1.82) is 0 Å². The Morgan fingerprint density at radius 1 is 0.800 bits per heavy atom. The second-order valence-corrected chi connectivity index (χ2v) is 3.00. The van der Waals surface area contributed by atoms with Gasteiger partial charge in [0.25, 0.3) is 0 Å².